The van der Waals surface area contributed by atoms with Gasteiger partial charge in [0.2, 0.25) is 0 Å². The molecule has 1 saturated heterocycles. The van der Waals surface area contributed by atoms with Crippen LogP contribution in [0, 0.1) is 6.92 Å². The third-order valence-electron chi connectivity index (χ3n) is 6.04. The number of halogens is 1. The average Bonchev–Trinajstić information content (AvgIpc) is 2.62. The van der Waals surface area contributed by atoms with Gasteiger partial charge < -0.3 is 10.1 Å². The van der Waals surface area contributed by atoms with Crippen molar-refractivity contribution in [2.24, 2.45) is 0 Å². The molecule has 3 heteroatoms. The van der Waals surface area contributed by atoms with Gasteiger partial charge in [-0.2, -0.15) is 0 Å². The lowest BCUT2D eigenvalue weighted by Crippen LogP contribution is -2.85. The summed E-state index contributed by atoms with van der Waals surface area (Å²) in [4.78, 5) is 0. The smallest absolute Gasteiger partial charge is 0.109 e. The Morgan fingerprint density at radius 2 is 1.74 bits per heavy atom. The van der Waals surface area contributed by atoms with Crippen molar-refractivity contribution in [2.45, 2.75) is 64.0 Å². The van der Waals surface area contributed by atoms with E-state index in [0.717, 1.165) is 31.0 Å². The summed E-state index contributed by atoms with van der Waals surface area (Å²) < 4.78 is 6.05. The van der Waals surface area contributed by atoms with E-state index in [9.17, 15) is 0 Å². The zero-order valence-electron chi connectivity index (χ0n) is 17.1. The molecule has 1 heterocycles. The maximum atomic E-state index is 6.05. The minimum absolute atomic E-state index is 0.0646. The van der Waals surface area contributed by atoms with E-state index in [4.69, 9.17) is 16.3 Å². The molecule has 0 aromatic heterocycles. The summed E-state index contributed by atoms with van der Waals surface area (Å²) in [5.41, 5.74) is 4.26. The second kappa shape index (κ2) is 8.34. The van der Waals surface area contributed by atoms with Crippen molar-refractivity contribution in [1.29, 1.82) is 0 Å². The lowest BCUT2D eigenvalue weighted by Gasteiger charge is -2.45. The van der Waals surface area contributed by atoms with Crippen molar-refractivity contribution >= 4 is 11.6 Å². The highest BCUT2D eigenvalue weighted by Gasteiger charge is 2.42. The van der Waals surface area contributed by atoms with Gasteiger partial charge in [-0.15, -0.1) is 0 Å². The summed E-state index contributed by atoms with van der Waals surface area (Å²) in [5.74, 6) is 0. The number of rotatable bonds is 6. The van der Waals surface area contributed by atoms with Gasteiger partial charge in [-0.05, 0) is 58.2 Å². The minimum Gasteiger partial charge on any atom is -0.376 e. The lowest BCUT2D eigenvalue weighted by atomic mass is 9.67. The van der Waals surface area contributed by atoms with Crippen molar-refractivity contribution in [3.8, 4) is 0 Å². The number of nitrogens with two attached hydrogens (primary N) is 1. The third kappa shape index (κ3) is 5.13. The fraction of sp³-hybridized carbons (Fsp3) is 0.500. The Morgan fingerprint density at radius 3 is 2.37 bits per heavy atom. The van der Waals surface area contributed by atoms with Crippen LogP contribution < -0.4 is 5.32 Å². The molecule has 2 atom stereocenters. The molecule has 27 heavy (non-hydrogen) atoms. The molecule has 2 N–H and O–H groups in total. The van der Waals surface area contributed by atoms with E-state index in [1.54, 1.807) is 0 Å². The summed E-state index contributed by atoms with van der Waals surface area (Å²) in [7, 11) is 0. The second-order valence-electron chi connectivity index (χ2n) is 8.80. The van der Waals surface area contributed by atoms with Crippen LogP contribution in [-0.2, 0) is 10.2 Å². The summed E-state index contributed by atoms with van der Waals surface area (Å²) in [6.07, 6.45) is 3.34. The van der Waals surface area contributed by atoms with Gasteiger partial charge in [0.15, 0.2) is 0 Å². The highest BCUT2D eigenvalue weighted by atomic mass is 35.5. The molecule has 0 spiro atoms. The molecule has 2 nitrogen and oxygen atoms in total. The predicted molar refractivity (Wildman–Crippen MR) is 113 cm³/mol. The third-order valence-corrected chi connectivity index (χ3v) is 6.29. The number of hydrogen-bond donors (Lipinski definition) is 1. The summed E-state index contributed by atoms with van der Waals surface area (Å²) in [6, 6.07) is 17.8. The molecular weight excluding hydrogens is 354 g/mol. The molecule has 0 unspecified atom stereocenters. The molecule has 3 rings (SSSR count). The Labute approximate surface area is 169 Å². The fourth-order valence-corrected chi connectivity index (χ4v) is 4.63. The zero-order chi connectivity index (χ0) is 19.5. The van der Waals surface area contributed by atoms with Gasteiger partial charge in [0.05, 0.1) is 12.1 Å². The van der Waals surface area contributed by atoms with Crippen LogP contribution >= 0.6 is 11.6 Å². The molecule has 0 aliphatic carbocycles. The molecule has 0 radical (unpaired) electrons. The standard InChI is InChI=1S/C24H32ClNO/c1-18-5-9-21(10-6-18)24(14-16-27-23(3,4)17-24)13-15-26-19(2)20-7-11-22(25)12-8-20/h5-12,19,26H,13-17H2,1-4H3/p+1/t19-,24-/m0/s1. The Morgan fingerprint density at radius 1 is 1.07 bits per heavy atom. The van der Waals surface area contributed by atoms with Gasteiger partial charge in [-0.3, -0.25) is 0 Å². The first-order chi connectivity index (χ1) is 12.8. The molecule has 0 saturated carbocycles. The molecule has 0 bridgehead atoms. The molecule has 146 valence electrons. The number of ether oxygens (including phenoxy) is 1. The molecule has 2 aromatic carbocycles. The van der Waals surface area contributed by atoms with E-state index in [2.05, 4.69) is 69.4 Å². The van der Waals surface area contributed by atoms with Crippen LogP contribution in [0.5, 0.6) is 0 Å². The molecule has 1 aliphatic heterocycles. The molecule has 0 amide bonds. The van der Waals surface area contributed by atoms with Crippen molar-refractivity contribution in [3.63, 3.8) is 0 Å². The molecule has 1 fully saturated rings. The Hall–Kier alpha value is -1.35. The summed E-state index contributed by atoms with van der Waals surface area (Å²) in [6.45, 7) is 10.8. The first-order valence-corrected chi connectivity index (χ1v) is 10.5. The highest BCUT2D eigenvalue weighted by Crippen LogP contribution is 2.43. The van der Waals surface area contributed by atoms with Crippen LogP contribution in [0.4, 0.5) is 0 Å². The average molecular weight is 387 g/mol. The Bertz CT molecular complexity index is 738. The summed E-state index contributed by atoms with van der Waals surface area (Å²) in [5, 5.41) is 3.26. The topological polar surface area (TPSA) is 25.8 Å². The van der Waals surface area contributed by atoms with Crippen LogP contribution in [0.1, 0.15) is 62.8 Å². The van der Waals surface area contributed by atoms with Crippen LogP contribution in [-0.4, -0.2) is 18.8 Å². The summed E-state index contributed by atoms with van der Waals surface area (Å²) >= 11 is 6.02. The SMILES string of the molecule is Cc1ccc([C@@]2(CC[NH2+][C@@H](C)c3ccc(Cl)cc3)CCOC(C)(C)C2)cc1. The van der Waals surface area contributed by atoms with Crippen LogP contribution in [0.25, 0.3) is 0 Å². The van der Waals surface area contributed by atoms with Gasteiger partial charge in [0, 0.05) is 29.0 Å². The van der Waals surface area contributed by atoms with Crippen LogP contribution in [0.15, 0.2) is 48.5 Å². The predicted octanol–water partition coefficient (Wildman–Crippen LogP) is 5.19. The number of quaternary nitrogens is 1. The van der Waals surface area contributed by atoms with E-state index in [0.29, 0.717) is 6.04 Å². The van der Waals surface area contributed by atoms with Crippen molar-refractivity contribution in [3.05, 3.63) is 70.2 Å². The highest BCUT2D eigenvalue weighted by molar-refractivity contribution is 6.30. The zero-order valence-corrected chi connectivity index (χ0v) is 17.9. The number of hydrogen-bond acceptors (Lipinski definition) is 1. The van der Waals surface area contributed by atoms with Gasteiger partial charge in [0.1, 0.15) is 6.04 Å². The largest absolute Gasteiger partial charge is 0.376 e. The first kappa shape index (κ1) is 20.4. The van der Waals surface area contributed by atoms with E-state index in [1.165, 1.54) is 23.1 Å². The van der Waals surface area contributed by atoms with E-state index < -0.39 is 0 Å². The molecule has 1 aliphatic rings. The van der Waals surface area contributed by atoms with Crippen molar-refractivity contribution in [2.75, 3.05) is 13.2 Å². The Kier molecular flexibility index (Phi) is 6.30. The Balaban J connectivity index is 1.72. The minimum atomic E-state index is -0.0646. The van der Waals surface area contributed by atoms with Crippen LogP contribution in [0.3, 0.4) is 0 Å². The maximum Gasteiger partial charge on any atom is 0.109 e. The van der Waals surface area contributed by atoms with Crippen molar-refractivity contribution < 1.29 is 10.1 Å². The molecular formula is C24H33ClNO+. The normalized spacial score (nSPS) is 23.1. The van der Waals surface area contributed by atoms with Crippen LogP contribution in [0.2, 0.25) is 5.02 Å². The van der Waals surface area contributed by atoms with E-state index >= 15 is 0 Å². The quantitative estimate of drug-likeness (QED) is 0.726. The van der Waals surface area contributed by atoms with Crippen molar-refractivity contribution in [1.82, 2.24) is 0 Å². The lowest BCUT2D eigenvalue weighted by molar-refractivity contribution is -0.693. The van der Waals surface area contributed by atoms with E-state index in [1.807, 2.05) is 12.1 Å². The molecule has 2 aromatic rings. The van der Waals surface area contributed by atoms with Gasteiger partial charge >= 0.3 is 0 Å². The number of aryl methyl sites for hydroxylation is 1. The maximum absolute atomic E-state index is 6.05. The van der Waals surface area contributed by atoms with E-state index in [-0.39, 0.29) is 11.0 Å². The van der Waals surface area contributed by atoms with Gasteiger partial charge in [-0.1, -0.05) is 53.6 Å². The fourth-order valence-electron chi connectivity index (χ4n) is 4.50. The van der Waals surface area contributed by atoms with Gasteiger partial charge in [-0.25, -0.2) is 0 Å². The van der Waals surface area contributed by atoms with Gasteiger partial charge in [0.25, 0.3) is 0 Å². The first-order valence-electron chi connectivity index (χ1n) is 10.1. The number of benzene rings is 2. The second-order valence-corrected chi connectivity index (χ2v) is 9.23. The monoisotopic (exact) mass is 386 g/mol.